The second-order valence-corrected chi connectivity index (χ2v) is 16.0. The van der Waals surface area contributed by atoms with E-state index in [4.69, 9.17) is 18.9 Å². The van der Waals surface area contributed by atoms with Crippen molar-refractivity contribution in [3.8, 4) is 34.8 Å². The monoisotopic (exact) mass is 534 g/mol. The topological polar surface area (TPSA) is 54.0 Å². The van der Waals surface area contributed by atoms with Gasteiger partial charge in [0.15, 0.2) is 0 Å². The van der Waals surface area contributed by atoms with E-state index in [-0.39, 0.29) is 0 Å². The molecule has 0 aromatic heterocycles. The predicted molar refractivity (Wildman–Crippen MR) is 156 cm³/mol. The van der Waals surface area contributed by atoms with Gasteiger partial charge in [0.2, 0.25) is 5.60 Å². The second kappa shape index (κ2) is 14.0. The Bertz CT molecular complexity index is 1140. The van der Waals surface area contributed by atoms with Gasteiger partial charge in [0, 0.05) is 12.8 Å². The number of carbonyl (C=O) groups excluding carboxylic acids is 1. The summed E-state index contributed by atoms with van der Waals surface area (Å²) < 4.78 is 21.4. The second-order valence-electron chi connectivity index (χ2n) is 10.4. The molecule has 0 bridgehead atoms. The number of carbonyl (C=O) groups is 1. The van der Waals surface area contributed by atoms with Crippen LogP contribution in [0, 0.1) is 23.3 Å². The number of hydrogen-bond acceptors (Lipinski definition) is 5. The highest BCUT2D eigenvalue weighted by molar-refractivity contribution is 6.90. The zero-order valence-corrected chi connectivity index (χ0v) is 25.3. The number of hydrogen-bond donors (Lipinski definition) is 0. The minimum atomic E-state index is -2.14. The third-order valence-corrected chi connectivity index (χ3v) is 13.4. The normalized spacial score (nSPS) is 12.6. The van der Waals surface area contributed by atoms with Crippen molar-refractivity contribution in [1.29, 1.82) is 0 Å². The van der Waals surface area contributed by atoms with E-state index in [9.17, 15) is 4.79 Å². The summed E-state index contributed by atoms with van der Waals surface area (Å²) in [4.78, 5) is 12.5. The molecular formula is C32H42O5Si. The quantitative estimate of drug-likeness (QED) is 0.193. The lowest BCUT2D eigenvalue weighted by atomic mass is 9.95. The van der Waals surface area contributed by atoms with Crippen molar-refractivity contribution in [2.24, 2.45) is 0 Å². The molecule has 1 atom stereocenters. The highest BCUT2D eigenvalue weighted by Gasteiger charge is 2.43. The van der Waals surface area contributed by atoms with Crippen LogP contribution in [0.5, 0.6) is 11.5 Å². The van der Waals surface area contributed by atoms with Gasteiger partial charge >= 0.3 is 6.16 Å². The van der Waals surface area contributed by atoms with E-state index in [1.54, 1.807) is 14.2 Å². The van der Waals surface area contributed by atoms with Crippen molar-refractivity contribution in [1.82, 2.24) is 0 Å². The highest BCUT2D eigenvalue weighted by Crippen LogP contribution is 2.41. The van der Waals surface area contributed by atoms with Crippen molar-refractivity contribution in [3.05, 3.63) is 59.7 Å². The number of rotatable bonds is 9. The zero-order valence-electron chi connectivity index (χ0n) is 24.3. The highest BCUT2D eigenvalue weighted by atomic mass is 28.3. The zero-order chi connectivity index (χ0) is 28.3. The molecule has 0 radical (unpaired) electrons. The van der Waals surface area contributed by atoms with Crippen LogP contribution in [0.25, 0.3) is 0 Å². The van der Waals surface area contributed by atoms with E-state index in [0.29, 0.717) is 29.5 Å². The molecule has 0 N–H and O–H groups in total. The van der Waals surface area contributed by atoms with E-state index in [2.05, 4.69) is 64.8 Å². The molecule has 0 aliphatic rings. The van der Waals surface area contributed by atoms with E-state index in [1.165, 1.54) is 7.11 Å². The van der Waals surface area contributed by atoms with Crippen LogP contribution in [0.3, 0.4) is 0 Å². The van der Waals surface area contributed by atoms with Crippen molar-refractivity contribution in [2.75, 3.05) is 21.3 Å². The van der Waals surface area contributed by atoms with Gasteiger partial charge in [0.25, 0.3) is 0 Å². The third-order valence-electron chi connectivity index (χ3n) is 7.13. The first-order chi connectivity index (χ1) is 18.0. The maximum absolute atomic E-state index is 12.5. The Kier molecular flexibility index (Phi) is 11.4. The molecule has 0 heterocycles. The Morgan fingerprint density at radius 1 is 0.763 bits per heavy atom. The van der Waals surface area contributed by atoms with Gasteiger partial charge in [-0.25, -0.2) is 4.79 Å². The molecule has 204 valence electrons. The summed E-state index contributed by atoms with van der Waals surface area (Å²) in [6, 6.07) is 15.4. The molecule has 0 aliphatic heterocycles. The van der Waals surface area contributed by atoms with E-state index in [1.807, 2.05) is 48.5 Å². The maximum Gasteiger partial charge on any atom is 0.510 e. The van der Waals surface area contributed by atoms with Crippen molar-refractivity contribution in [2.45, 2.75) is 76.6 Å². The summed E-state index contributed by atoms with van der Waals surface area (Å²) in [7, 11) is 2.43. The lowest BCUT2D eigenvalue weighted by molar-refractivity contribution is 0.0307. The van der Waals surface area contributed by atoms with Crippen LogP contribution in [-0.2, 0) is 22.3 Å². The Hall–Kier alpha value is -3.35. The van der Waals surface area contributed by atoms with Crippen molar-refractivity contribution >= 4 is 14.2 Å². The first-order valence-electron chi connectivity index (χ1n) is 13.1. The summed E-state index contributed by atoms with van der Waals surface area (Å²) in [5.41, 5.74) is 5.55. The number of ether oxygens (including phenoxy) is 4. The lowest BCUT2D eigenvalue weighted by Crippen LogP contribution is -2.44. The largest absolute Gasteiger partial charge is 0.510 e. The fourth-order valence-corrected chi connectivity index (χ4v) is 10.4. The van der Waals surface area contributed by atoms with E-state index < -0.39 is 19.8 Å². The summed E-state index contributed by atoms with van der Waals surface area (Å²) in [5, 5.41) is 0. The SMILES string of the molecule is COC(=O)OC(C#CCc1ccc(OC)cc1)(C#C[Si](C(C)C)(C(C)C)C(C)C)Cc1ccc(OC)cc1. The number of methoxy groups -OCH3 is 3. The Labute approximate surface area is 230 Å². The van der Waals surface area contributed by atoms with Gasteiger partial charge in [-0.15, -0.1) is 5.54 Å². The molecule has 38 heavy (non-hydrogen) atoms. The van der Waals surface area contributed by atoms with Crippen LogP contribution in [-0.4, -0.2) is 41.2 Å². The minimum absolute atomic E-state index is 0.299. The molecule has 0 saturated carbocycles. The third kappa shape index (κ3) is 7.82. The average Bonchev–Trinajstić information content (AvgIpc) is 2.89. The Morgan fingerprint density at radius 2 is 1.24 bits per heavy atom. The molecule has 0 aliphatic carbocycles. The predicted octanol–water partition coefficient (Wildman–Crippen LogP) is 7.24. The summed E-state index contributed by atoms with van der Waals surface area (Å²) >= 11 is 0. The molecule has 1 unspecified atom stereocenters. The molecule has 0 saturated heterocycles. The molecule has 2 aromatic carbocycles. The lowest BCUT2D eigenvalue weighted by Gasteiger charge is -2.38. The fourth-order valence-electron chi connectivity index (χ4n) is 5.10. The van der Waals surface area contributed by atoms with Crippen molar-refractivity contribution < 1.29 is 23.7 Å². The molecule has 0 amide bonds. The van der Waals surface area contributed by atoms with Gasteiger partial charge in [-0.1, -0.05) is 71.7 Å². The average molecular weight is 535 g/mol. The molecule has 2 aromatic rings. The molecule has 5 nitrogen and oxygen atoms in total. The van der Waals surface area contributed by atoms with Gasteiger partial charge in [0.1, 0.15) is 19.6 Å². The van der Waals surface area contributed by atoms with Gasteiger partial charge in [-0.05, 0) is 63.9 Å². The molecule has 0 fully saturated rings. The summed E-state index contributed by atoms with van der Waals surface area (Å²) in [6.45, 7) is 13.5. The van der Waals surface area contributed by atoms with Crippen LogP contribution in [0.2, 0.25) is 16.6 Å². The molecule has 6 heteroatoms. The van der Waals surface area contributed by atoms with Crippen molar-refractivity contribution in [3.63, 3.8) is 0 Å². The summed E-state index contributed by atoms with van der Waals surface area (Å²) in [6.07, 6.45) is -0.0349. The standard InChI is InChI=1S/C32H42O5Si/c1-24(2)38(25(3)4,26(5)6)22-21-32(37-31(33)36-9,23-28-14-18-30(35-8)19-15-28)20-10-11-27-12-16-29(34-7)17-13-27/h12-19,24-26H,11,23H2,1-9H3. The molecular weight excluding hydrogens is 492 g/mol. The maximum atomic E-state index is 12.5. The van der Waals surface area contributed by atoms with Crippen LogP contribution in [0.4, 0.5) is 4.79 Å². The van der Waals surface area contributed by atoms with Crippen LogP contribution >= 0.6 is 0 Å². The van der Waals surface area contributed by atoms with Crippen LogP contribution < -0.4 is 9.47 Å². The Morgan fingerprint density at radius 3 is 1.66 bits per heavy atom. The van der Waals surface area contributed by atoms with Crippen LogP contribution in [0.15, 0.2) is 48.5 Å². The fraction of sp³-hybridized carbons (Fsp3) is 0.469. The van der Waals surface area contributed by atoms with Crippen LogP contribution in [0.1, 0.15) is 52.7 Å². The smallest absolute Gasteiger partial charge is 0.497 e. The van der Waals surface area contributed by atoms with E-state index in [0.717, 1.165) is 22.6 Å². The first kappa shape index (κ1) is 30.9. The van der Waals surface area contributed by atoms with Gasteiger partial charge < -0.3 is 18.9 Å². The number of benzene rings is 2. The summed E-state index contributed by atoms with van der Waals surface area (Å²) in [5.74, 6) is 11.5. The molecule has 0 spiro atoms. The minimum Gasteiger partial charge on any atom is -0.497 e. The first-order valence-corrected chi connectivity index (χ1v) is 15.3. The Balaban J connectivity index is 2.67. The van der Waals surface area contributed by atoms with E-state index >= 15 is 0 Å². The van der Waals surface area contributed by atoms with Gasteiger partial charge in [-0.3, -0.25) is 0 Å². The van der Waals surface area contributed by atoms with Gasteiger partial charge in [0.05, 0.1) is 21.3 Å². The van der Waals surface area contributed by atoms with Gasteiger partial charge in [-0.2, -0.15) is 0 Å². The molecule has 2 rings (SSSR count).